The number of nitrogens with one attached hydrogen (secondary N) is 1. The van der Waals surface area contributed by atoms with Crippen LogP contribution in [-0.2, 0) is 19.9 Å². The summed E-state index contributed by atoms with van der Waals surface area (Å²) in [5, 5.41) is 15.0. The summed E-state index contributed by atoms with van der Waals surface area (Å²) in [5.74, 6) is -0.00530. The lowest BCUT2D eigenvalue weighted by Gasteiger charge is -2.51. The summed E-state index contributed by atoms with van der Waals surface area (Å²) < 4.78 is 6.76. The van der Waals surface area contributed by atoms with Gasteiger partial charge in [0.15, 0.2) is 12.6 Å². The van der Waals surface area contributed by atoms with Gasteiger partial charge < -0.3 is 19.6 Å². The molecule has 0 spiro atoms. The van der Waals surface area contributed by atoms with E-state index in [0.717, 1.165) is 37.1 Å². The number of carbonyl (C=O) groups is 2. The summed E-state index contributed by atoms with van der Waals surface area (Å²) in [6, 6.07) is 20.2. The summed E-state index contributed by atoms with van der Waals surface area (Å²) in [5.41, 5.74) is 0.662. The Kier molecular flexibility index (Phi) is 5.89. The molecule has 3 saturated heterocycles. The Labute approximate surface area is 216 Å². The number of esters is 1. The molecule has 3 aromatic rings. The normalized spacial score (nSPS) is 24.9. The molecule has 2 N–H and O–H groups in total. The molecule has 7 rings (SSSR count). The first-order chi connectivity index (χ1) is 18.0. The van der Waals surface area contributed by atoms with Crippen LogP contribution in [0.25, 0.3) is 12.2 Å². The molecule has 4 aliphatic rings. The van der Waals surface area contributed by atoms with Crippen molar-refractivity contribution in [3.63, 3.8) is 0 Å². The summed E-state index contributed by atoms with van der Waals surface area (Å²) in [6.45, 7) is 2.60. The fraction of sp³-hybridized carbons (Fsp3) is 0.300. The number of carbonyl (C=O) groups excluding carboxylic acids is 2. The van der Waals surface area contributed by atoms with E-state index in [9.17, 15) is 14.7 Å². The van der Waals surface area contributed by atoms with E-state index in [1.807, 2.05) is 54.6 Å². The second kappa shape index (κ2) is 9.25. The lowest BCUT2D eigenvalue weighted by atomic mass is 9.81. The Hall–Kier alpha value is -3.81. The number of hydrogen-bond acceptors (Lipinski definition) is 5. The highest BCUT2D eigenvalue weighted by Crippen LogP contribution is 2.41. The molecule has 3 aliphatic heterocycles. The Morgan fingerprint density at radius 3 is 2.19 bits per heavy atom. The van der Waals surface area contributed by atoms with Crippen molar-refractivity contribution >= 4 is 29.8 Å². The minimum Gasteiger partial charge on any atom is -0.453 e. The van der Waals surface area contributed by atoms with E-state index >= 15 is 0 Å². The standard InChI is InChI=1S/C30H29N3O4/c34-28(32-27-11-5-6-16-31-27)20-33-17-14-23(15-18-33)26(19-33)37-29(35)30(36)24-9-3-1-7-21(24)12-13-22-8-2-4-10-25(22)30/h1-13,16,23,26,36H,14-15,17-20H2/p+1/t23?,26-,33?/m0/s1. The van der Waals surface area contributed by atoms with Gasteiger partial charge in [0.1, 0.15) is 12.4 Å². The van der Waals surface area contributed by atoms with Gasteiger partial charge in [0, 0.05) is 36.1 Å². The topological polar surface area (TPSA) is 88.5 Å². The molecule has 3 fully saturated rings. The zero-order chi connectivity index (χ0) is 25.5. The molecule has 1 amide bonds. The highest BCUT2D eigenvalue weighted by atomic mass is 16.6. The molecule has 0 saturated carbocycles. The molecule has 4 heterocycles. The van der Waals surface area contributed by atoms with Crippen LogP contribution in [0.5, 0.6) is 0 Å². The van der Waals surface area contributed by atoms with Crippen LogP contribution in [0.3, 0.4) is 0 Å². The quantitative estimate of drug-likeness (QED) is 0.416. The number of anilines is 1. The largest absolute Gasteiger partial charge is 0.453 e. The van der Waals surface area contributed by atoms with Crippen molar-refractivity contribution < 1.29 is 23.9 Å². The van der Waals surface area contributed by atoms with Crippen molar-refractivity contribution in [3.8, 4) is 0 Å². The molecular formula is C30H30N3O4+. The van der Waals surface area contributed by atoms with Gasteiger partial charge in [0.25, 0.3) is 5.91 Å². The van der Waals surface area contributed by atoms with Crippen molar-refractivity contribution in [3.05, 3.63) is 95.2 Å². The van der Waals surface area contributed by atoms with Gasteiger partial charge in [-0.25, -0.2) is 9.78 Å². The van der Waals surface area contributed by atoms with Crippen LogP contribution >= 0.6 is 0 Å². The summed E-state index contributed by atoms with van der Waals surface area (Å²) >= 11 is 0. The number of aromatic nitrogens is 1. The first-order valence-electron chi connectivity index (χ1n) is 12.8. The zero-order valence-corrected chi connectivity index (χ0v) is 20.5. The van der Waals surface area contributed by atoms with Gasteiger partial charge >= 0.3 is 5.97 Å². The second-order valence-electron chi connectivity index (χ2n) is 10.4. The number of fused-ring (bicyclic) bond motifs is 5. The number of hydrogen-bond donors (Lipinski definition) is 2. The fourth-order valence-corrected chi connectivity index (χ4v) is 6.21. The smallest absolute Gasteiger partial charge is 0.348 e. The first-order valence-corrected chi connectivity index (χ1v) is 12.8. The molecule has 1 atom stereocenters. The number of ether oxygens (including phenoxy) is 1. The van der Waals surface area contributed by atoms with E-state index in [1.165, 1.54) is 0 Å². The van der Waals surface area contributed by atoms with E-state index in [0.29, 0.717) is 34.5 Å². The average Bonchev–Trinajstić information content (AvgIpc) is 3.05. The third kappa shape index (κ3) is 4.24. The van der Waals surface area contributed by atoms with Gasteiger partial charge in [0.2, 0.25) is 5.60 Å². The Bertz CT molecular complexity index is 1310. The predicted octanol–water partition coefficient (Wildman–Crippen LogP) is 3.59. The maximum absolute atomic E-state index is 13.9. The predicted molar refractivity (Wildman–Crippen MR) is 140 cm³/mol. The summed E-state index contributed by atoms with van der Waals surface area (Å²) in [4.78, 5) is 31.0. The molecule has 188 valence electrons. The third-order valence-corrected chi connectivity index (χ3v) is 8.15. The molecule has 2 bridgehead atoms. The van der Waals surface area contributed by atoms with Crippen LogP contribution in [0.4, 0.5) is 5.82 Å². The van der Waals surface area contributed by atoms with Crippen molar-refractivity contribution in [1.82, 2.24) is 4.98 Å². The highest BCUT2D eigenvalue weighted by molar-refractivity contribution is 5.92. The van der Waals surface area contributed by atoms with Gasteiger partial charge in [-0.1, -0.05) is 66.7 Å². The van der Waals surface area contributed by atoms with E-state index in [-0.39, 0.29) is 17.9 Å². The molecule has 1 aromatic heterocycles. The molecule has 7 nitrogen and oxygen atoms in total. The second-order valence-corrected chi connectivity index (χ2v) is 10.4. The van der Waals surface area contributed by atoms with Crippen molar-refractivity contribution in [2.75, 3.05) is 31.5 Å². The molecule has 2 aromatic carbocycles. The minimum absolute atomic E-state index is 0.0968. The average molecular weight is 497 g/mol. The van der Waals surface area contributed by atoms with Crippen LogP contribution in [0.2, 0.25) is 0 Å². The summed E-state index contributed by atoms with van der Waals surface area (Å²) in [7, 11) is 0. The number of benzene rings is 2. The van der Waals surface area contributed by atoms with Crippen molar-refractivity contribution in [2.24, 2.45) is 5.92 Å². The maximum Gasteiger partial charge on any atom is 0.348 e. The Morgan fingerprint density at radius 2 is 1.57 bits per heavy atom. The SMILES string of the molecule is O=C(C[N+]12CCC(CC1)[C@@H](OC(=O)C1(O)c3ccccc3C=Cc3ccccc31)C2)Nc1ccccn1. The van der Waals surface area contributed by atoms with Gasteiger partial charge in [-0.2, -0.15) is 0 Å². The lowest BCUT2D eigenvalue weighted by Crippen LogP contribution is -2.66. The highest BCUT2D eigenvalue weighted by Gasteiger charge is 2.52. The van der Waals surface area contributed by atoms with Crippen LogP contribution in [0.1, 0.15) is 35.1 Å². The third-order valence-electron chi connectivity index (χ3n) is 8.15. The van der Waals surface area contributed by atoms with E-state index < -0.39 is 11.6 Å². The molecule has 0 radical (unpaired) electrons. The molecular weight excluding hydrogens is 466 g/mol. The first kappa shape index (κ1) is 23.6. The number of amides is 1. The Balaban J connectivity index is 1.25. The maximum atomic E-state index is 13.9. The molecule has 7 heteroatoms. The number of nitrogens with zero attached hydrogens (tertiary/aromatic N) is 2. The van der Waals surface area contributed by atoms with Crippen LogP contribution < -0.4 is 5.32 Å². The Morgan fingerprint density at radius 1 is 0.946 bits per heavy atom. The molecule has 1 aliphatic carbocycles. The van der Waals surface area contributed by atoms with E-state index in [4.69, 9.17) is 4.74 Å². The number of rotatable bonds is 5. The monoisotopic (exact) mass is 496 g/mol. The van der Waals surface area contributed by atoms with Crippen molar-refractivity contribution in [1.29, 1.82) is 0 Å². The zero-order valence-electron chi connectivity index (χ0n) is 20.5. The van der Waals surface area contributed by atoms with E-state index in [1.54, 1.807) is 30.5 Å². The number of pyridine rings is 1. The summed E-state index contributed by atoms with van der Waals surface area (Å²) in [6.07, 6.45) is 6.89. The van der Waals surface area contributed by atoms with Crippen molar-refractivity contribution in [2.45, 2.75) is 24.5 Å². The molecule has 0 unspecified atom stereocenters. The number of piperidine rings is 3. The lowest BCUT2D eigenvalue weighted by molar-refractivity contribution is -0.939. The minimum atomic E-state index is -1.93. The van der Waals surface area contributed by atoms with Gasteiger partial charge in [0.05, 0.1) is 13.1 Å². The van der Waals surface area contributed by atoms with E-state index in [2.05, 4.69) is 10.3 Å². The van der Waals surface area contributed by atoms with Crippen LogP contribution in [-0.4, -0.2) is 58.7 Å². The van der Waals surface area contributed by atoms with Crippen LogP contribution in [0, 0.1) is 5.92 Å². The number of aliphatic hydroxyl groups is 1. The molecule has 37 heavy (non-hydrogen) atoms. The number of quaternary nitrogens is 1. The fourth-order valence-electron chi connectivity index (χ4n) is 6.21. The van der Waals surface area contributed by atoms with Crippen LogP contribution in [0.15, 0.2) is 72.9 Å². The van der Waals surface area contributed by atoms with Gasteiger partial charge in [-0.15, -0.1) is 0 Å². The van der Waals surface area contributed by atoms with Gasteiger partial charge in [-0.3, -0.25) is 4.79 Å². The van der Waals surface area contributed by atoms with Gasteiger partial charge in [-0.05, 0) is 23.3 Å².